The van der Waals surface area contributed by atoms with Crippen LogP contribution in [0.2, 0.25) is 0 Å². The van der Waals surface area contributed by atoms with Crippen LogP contribution in [0.5, 0.6) is 0 Å². The summed E-state index contributed by atoms with van der Waals surface area (Å²) in [5.41, 5.74) is 0. The zero-order valence-corrected chi connectivity index (χ0v) is 8.12. The Kier molecular flexibility index (Phi) is 4.18. The lowest BCUT2D eigenvalue weighted by atomic mass is 10.2. The average molecular weight is 186 g/mol. The number of nitrogens with one attached hydrogen (secondary N) is 1. The highest BCUT2D eigenvalue weighted by atomic mass is 16.4. The fourth-order valence-electron chi connectivity index (χ4n) is 1.81. The number of carboxylic acids is 1. The van der Waals surface area contributed by atoms with Gasteiger partial charge in [-0.05, 0) is 26.1 Å². The SMILES string of the molecule is CCN1CCCNCC1CC(=O)O. The molecule has 1 aliphatic rings. The maximum Gasteiger partial charge on any atom is 0.304 e. The van der Waals surface area contributed by atoms with Gasteiger partial charge < -0.3 is 10.4 Å². The van der Waals surface area contributed by atoms with Crippen LogP contribution in [0.25, 0.3) is 0 Å². The maximum atomic E-state index is 10.6. The van der Waals surface area contributed by atoms with Crippen molar-refractivity contribution in [2.45, 2.75) is 25.8 Å². The Balaban J connectivity index is 2.48. The van der Waals surface area contributed by atoms with Crippen LogP contribution in [-0.4, -0.2) is 48.2 Å². The lowest BCUT2D eigenvalue weighted by molar-refractivity contribution is -0.138. The van der Waals surface area contributed by atoms with E-state index >= 15 is 0 Å². The van der Waals surface area contributed by atoms with E-state index in [1.807, 2.05) is 0 Å². The van der Waals surface area contributed by atoms with Crippen molar-refractivity contribution in [1.82, 2.24) is 10.2 Å². The molecule has 1 rings (SSSR count). The molecule has 0 spiro atoms. The summed E-state index contributed by atoms with van der Waals surface area (Å²) in [5.74, 6) is -0.702. The molecule has 0 bridgehead atoms. The second kappa shape index (κ2) is 5.19. The molecule has 0 amide bonds. The maximum absolute atomic E-state index is 10.6. The summed E-state index contributed by atoms with van der Waals surface area (Å²) in [4.78, 5) is 12.8. The summed E-state index contributed by atoms with van der Waals surface area (Å²) in [6, 6.07) is 0.171. The molecule has 1 saturated heterocycles. The van der Waals surface area contributed by atoms with E-state index in [2.05, 4.69) is 17.1 Å². The summed E-state index contributed by atoms with van der Waals surface area (Å²) >= 11 is 0. The highest BCUT2D eigenvalue weighted by molar-refractivity contribution is 5.67. The van der Waals surface area contributed by atoms with Crippen molar-refractivity contribution in [2.75, 3.05) is 26.2 Å². The molecule has 1 heterocycles. The topological polar surface area (TPSA) is 52.6 Å². The van der Waals surface area contributed by atoms with Crippen LogP contribution in [-0.2, 0) is 4.79 Å². The lowest BCUT2D eigenvalue weighted by Crippen LogP contribution is -2.41. The van der Waals surface area contributed by atoms with Gasteiger partial charge in [-0.1, -0.05) is 6.92 Å². The van der Waals surface area contributed by atoms with E-state index in [4.69, 9.17) is 5.11 Å². The Labute approximate surface area is 78.9 Å². The molecule has 1 atom stereocenters. The van der Waals surface area contributed by atoms with Gasteiger partial charge in [0.15, 0.2) is 0 Å². The van der Waals surface area contributed by atoms with Gasteiger partial charge in [-0.3, -0.25) is 9.69 Å². The molecule has 2 N–H and O–H groups in total. The molecule has 0 aromatic rings. The number of likely N-dealkylation sites (N-methyl/N-ethyl adjacent to an activating group) is 1. The Morgan fingerprint density at radius 3 is 3.08 bits per heavy atom. The van der Waals surface area contributed by atoms with Crippen molar-refractivity contribution < 1.29 is 9.90 Å². The average Bonchev–Trinajstić information content (AvgIpc) is 2.28. The van der Waals surface area contributed by atoms with E-state index in [9.17, 15) is 4.79 Å². The Morgan fingerprint density at radius 1 is 1.69 bits per heavy atom. The Bertz CT molecular complexity index is 173. The van der Waals surface area contributed by atoms with Crippen molar-refractivity contribution in [2.24, 2.45) is 0 Å². The molecule has 1 fully saturated rings. The molecule has 4 nitrogen and oxygen atoms in total. The lowest BCUT2D eigenvalue weighted by Gasteiger charge is -2.26. The summed E-state index contributed by atoms with van der Waals surface area (Å²) in [5, 5.41) is 12.0. The van der Waals surface area contributed by atoms with Crippen LogP contribution in [0.15, 0.2) is 0 Å². The standard InChI is InChI=1S/C9H18N2O2/c1-2-11-5-3-4-10-7-8(11)6-9(12)13/h8,10H,2-7H2,1H3,(H,12,13). The van der Waals surface area contributed by atoms with Gasteiger partial charge in [0, 0.05) is 12.6 Å². The molecule has 13 heavy (non-hydrogen) atoms. The molecule has 0 radical (unpaired) electrons. The first kappa shape index (κ1) is 10.5. The first-order chi connectivity index (χ1) is 6.24. The third-order valence-electron chi connectivity index (χ3n) is 2.51. The number of carbonyl (C=O) groups is 1. The smallest absolute Gasteiger partial charge is 0.304 e. The van der Waals surface area contributed by atoms with Crippen LogP contribution < -0.4 is 5.32 Å². The number of carboxylic acid groups (broad SMARTS) is 1. The van der Waals surface area contributed by atoms with Crippen molar-refractivity contribution in [3.8, 4) is 0 Å². The van der Waals surface area contributed by atoms with Gasteiger partial charge >= 0.3 is 5.97 Å². The monoisotopic (exact) mass is 186 g/mol. The van der Waals surface area contributed by atoms with Gasteiger partial charge in [0.1, 0.15) is 0 Å². The van der Waals surface area contributed by atoms with E-state index in [1.54, 1.807) is 0 Å². The molecular weight excluding hydrogens is 168 g/mol. The highest BCUT2D eigenvalue weighted by Crippen LogP contribution is 2.07. The molecule has 0 aromatic carbocycles. The van der Waals surface area contributed by atoms with E-state index in [0.29, 0.717) is 0 Å². The van der Waals surface area contributed by atoms with Crippen molar-refractivity contribution in [1.29, 1.82) is 0 Å². The number of nitrogens with zero attached hydrogens (tertiary/aromatic N) is 1. The Hall–Kier alpha value is -0.610. The summed E-state index contributed by atoms with van der Waals surface area (Å²) in [6.07, 6.45) is 1.37. The normalized spacial score (nSPS) is 25.5. The van der Waals surface area contributed by atoms with Gasteiger partial charge in [-0.25, -0.2) is 0 Å². The highest BCUT2D eigenvalue weighted by Gasteiger charge is 2.21. The second-order valence-electron chi connectivity index (χ2n) is 3.44. The third kappa shape index (κ3) is 3.32. The summed E-state index contributed by atoms with van der Waals surface area (Å²) < 4.78 is 0. The number of aliphatic carboxylic acids is 1. The van der Waals surface area contributed by atoms with Crippen molar-refractivity contribution >= 4 is 5.97 Å². The van der Waals surface area contributed by atoms with Crippen LogP contribution >= 0.6 is 0 Å². The van der Waals surface area contributed by atoms with E-state index in [1.165, 1.54) is 0 Å². The minimum atomic E-state index is -0.702. The van der Waals surface area contributed by atoms with Crippen LogP contribution in [0.4, 0.5) is 0 Å². The predicted molar refractivity (Wildman–Crippen MR) is 50.8 cm³/mol. The molecule has 0 aromatic heterocycles. The first-order valence-electron chi connectivity index (χ1n) is 4.90. The van der Waals surface area contributed by atoms with Gasteiger partial charge in [-0.2, -0.15) is 0 Å². The zero-order chi connectivity index (χ0) is 9.68. The van der Waals surface area contributed by atoms with Crippen molar-refractivity contribution in [3.05, 3.63) is 0 Å². The van der Waals surface area contributed by atoms with E-state index < -0.39 is 5.97 Å². The van der Waals surface area contributed by atoms with Gasteiger partial charge in [0.05, 0.1) is 6.42 Å². The Morgan fingerprint density at radius 2 is 2.46 bits per heavy atom. The van der Waals surface area contributed by atoms with Gasteiger partial charge in [0.2, 0.25) is 0 Å². The van der Waals surface area contributed by atoms with E-state index in [-0.39, 0.29) is 12.5 Å². The minimum Gasteiger partial charge on any atom is -0.481 e. The molecule has 0 saturated carbocycles. The number of rotatable bonds is 3. The first-order valence-corrected chi connectivity index (χ1v) is 4.90. The quantitative estimate of drug-likeness (QED) is 0.658. The van der Waals surface area contributed by atoms with Crippen LogP contribution in [0.3, 0.4) is 0 Å². The third-order valence-corrected chi connectivity index (χ3v) is 2.51. The predicted octanol–water partition coefficient (Wildman–Crippen LogP) is 0.145. The molecule has 1 unspecified atom stereocenters. The minimum absolute atomic E-state index is 0.171. The molecule has 0 aliphatic carbocycles. The second-order valence-corrected chi connectivity index (χ2v) is 3.44. The fraction of sp³-hybridized carbons (Fsp3) is 0.889. The summed E-state index contributed by atoms with van der Waals surface area (Å²) in [7, 11) is 0. The van der Waals surface area contributed by atoms with Crippen molar-refractivity contribution in [3.63, 3.8) is 0 Å². The molecule has 1 aliphatic heterocycles. The molecule has 76 valence electrons. The van der Waals surface area contributed by atoms with Gasteiger partial charge in [-0.15, -0.1) is 0 Å². The largest absolute Gasteiger partial charge is 0.481 e. The number of hydrogen-bond acceptors (Lipinski definition) is 3. The zero-order valence-electron chi connectivity index (χ0n) is 8.12. The van der Waals surface area contributed by atoms with Crippen LogP contribution in [0.1, 0.15) is 19.8 Å². The van der Waals surface area contributed by atoms with E-state index in [0.717, 1.165) is 32.6 Å². The number of hydrogen-bond donors (Lipinski definition) is 2. The molecule has 4 heteroatoms. The van der Waals surface area contributed by atoms with Gasteiger partial charge in [0.25, 0.3) is 0 Å². The van der Waals surface area contributed by atoms with Crippen LogP contribution in [0, 0.1) is 0 Å². The fourth-order valence-corrected chi connectivity index (χ4v) is 1.81. The molecular formula is C9H18N2O2. The summed E-state index contributed by atoms with van der Waals surface area (Å²) in [6.45, 7) is 5.86.